The number of hydrogen-bond donors (Lipinski definition) is 1. The van der Waals surface area contributed by atoms with Gasteiger partial charge in [0.25, 0.3) is 5.91 Å². The van der Waals surface area contributed by atoms with Crippen LogP contribution in [-0.2, 0) is 4.79 Å². The van der Waals surface area contributed by atoms with Crippen LogP contribution in [0, 0.1) is 0 Å². The van der Waals surface area contributed by atoms with Crippen LogP contribution in [0.25, 0.3) is 0 Å². The molecule has 5 heteroatoms. The van der Waals surface area contributed by atoms with Crippen molar-refractivity contribution in [3.63, 3.8) is 0 Å². The molecule has 5 nitrogen and oxygen atoms in total. The third kappa shape index (κ3) is 1.21. The molecule has 2 amide bonds. The first-order chi connectivity index (χ1) is 7.77. The van der Waals surface area contributed by atoms with Gasteiger partial charge in [0, 0.05) is 12.7 Å². The van der Waals surface area contributed by atoms with E-state index in [1.807, 2.05) is 0 Å². The van der Waals surface area contributed by atoms with Crippen LogP contribution < -0.4 is 5.32 Å². The lowest BCUT2D eigenvalue weighted by Crippen LogP contribution is -2.40. The van der Waals surface area contributed by atoms with E-state index >= 15 is 0 Å². The number of rotatable bonds is 0. The highest BCUT2D eigenvalue weighted by atomic mass is 16.2. The van der Waals surface area contributed by atoms with Crippen LogP contribution >= 0.6 is 0 Å². The molecule has 3 heterocycles. The zero-order valence-corrected chi connectivity index (χ0v) is 8.64. The molecular formula is C11H11N3O2. The Morgan fingerprint density at radius 3 is 3.19 bits per heavy atom. The molecule has 1 aromatic heterocycles. The van der Waals surface area contributed by atoms with Crippen LogP contribution in [0.3, 0.4) is 0 Å². The highest BCUT2D eigenvalue weighted by molar-refractivity contribution is 6.08. The summed E-state index contributed by atoms with van der Waals surface area (Å²) in [5.74, 6) is -0.242. The SMILES string of the molecule is O=C1Nc2cccnc2C(=O)N2CCCC12. The fourth-order valence-corrected chi connectivity index (χ4v) is 2.31. The molecular weight excluding hydrogens is 206 g/mol. The molecule has 0 aromatic carbocycles. The van der Waals surface area contributed by atoms with Crippen LogP contribution in [0.2, 0.25) is 0 Å². The molecule has 0 radical (unpaired) electrons. The van der Waals surface area contributed by atoms with Crippen molar-refractivity contribution in [1.29, 1.82) is 0 Å². The maximum atomic E-state index is 12.1. The average molecular weight is 217 g/mol. The normalized spacial score (nSPS) is 23.5. The molecule has 1 aromatic rings. The highest BCUT2D eigenvalue weighted by Gasteiger charge is 2.38. The van der Waals surface area contributed by atoms with Gasteiger partial charge in [-0.2, -0.15) is 0 Å². The summed E-state index contributed by atoms with van der Waals surface area (Å²) in [5, 5.41) is 2.76. The second-order valence-corrected chi connectivity index (χ2v) is 4.05. The summed E-state index contributed by atoms with van der Waals surface area (Å²) in [5.41, 5.74) is 0.868. The van der Waals surface area contributed by atoms with Crippen molar-refractivity contribution in [2.24, 2.45) is 0 Å². The van der Waals surface area contributed by atoms with E-state index in [0.29, 0.717) is 17.9 Å². The number of hydrogen-bond acceptors (Lipinski definition) is 3. The Labute approximate surface area is 92.5 Å². The summed E-state index contributed by atoms with van der Waals surface area (Å²) in [6.07, 6.45) is 3.19. The lowest BCUT2D eigenvalue weighted by atomic mass is 10.2. The first kappa shape index (κ1) is 9.33. The van der Waals surface area contributed by atoms with Crippen molar-refractivity contribution in [3.8, 4) is 0 Å². The number of pyridine rings is 1. The third-order valence-corrected chi connectivity index (χ3v) is 3.08. The average Bonchev–Trinajstić information content (AvgIpc) is 2.74. The number of carbonyl (C=O) groups excluding carboxylic acids is 2. The number of amides is 2. The Bertz CT molecular complexity index is 472. The van der Waals surface area contributed by atoms with E-state index in [-0.39, 0.29) is 17.9 Å². The number of nitrogens with zero attached hydrogens (tertiary/aromatic N) is 2. The second-order valence-electron chi connectivity index (χ2n) is 4.05. The van der Waals surface area contributed by atoms with E-state index in [2.05, 4.69) is 10.3 Å². The Kier molecular flexibility index (Phi) is 1.92. The maximum Gasteiger partial charge on any atom is 0.275 e. The van der Waals surface area contributed by atoms with Crippen LogP contribution in [0.4, 0.5) is 5.69 Å². The van der Waals surface area contributed by atoms with Gasteiger partial charge in [-0.15, -0.1) is 0 Å². The number of carbonyl (C=O) groups is 2. The minimum atomic E-state index is -0.318. The predicted octanol–water partition coefficient (Wildman–Crippen LogP) is 0.638. The fourth-order valence-electron chi connectivity index (χ4n) is 2.31. The van der Waals surface area contributed by atoms with Gasteiger partial charge in [-0.25, -0.2) is 4.98 Å². The standard InChI is InChI=1S/C11H11N3O2/c15-10-8-4-2-6-14(8)11(16)9-7(13-10)3-1-5-12-9/h1,3,5,8H,2,4,6H2,(H,13,15). The molecule has 1 fully saturated rings. The molecule has 3 rings (SSSR count). The van der Waals surface area contributed by atoms with Gasteiger partial charge in [-0.3, -0.25) is 9.59 Å². The van der Waals surface area contributed by atoms with Gasteiger partial charge in [-0.1, -0.05) is 0 Å². The van der Waals surface area contributed by atoms with Gasteiger partial charge >= 0.3 is 0 Å². The lowest BCUT2D eigenvalue weighted by molar-refractivity contribution is -0.119. The summed E-state index contributed by atoms with van der Waals surface area (Å²) in [6.45, 7) is 0.646. The van der Waals surface area contributed by atoms with Crippen LogP contribution in [0.15, 0.2) is 18.3 Å². The van der Waals surface area contributed by atoms with E-state index in [9.17, 15) is 9.59 Å². The van der Waals surface area contributed by atoms with Crippen LogP contribution in [0.1, 0.15) is 23.3 Å². The number of aromatic nitrogens is 1. The minimum absolute atomic E-state index is 0.0994. The van der Waals surface area contributed by atoms with Gasteiger partial charge in [0.15, 0.2) is 5.69 Å². The van der Waals surface area contributed by atoms with Crippen molar-refractivity contribution in [2.75, 3.05) is 11.9 Å². The summed E-state index contributed by atoms with van der Waals surface area (Å²) >= 11 is 0. The van der Waals surface area contributed by atoms with Gasteiger partial charge in [0.05, 0.1) is 5.69 Å². The van der Waals surface area contributed by atoms with Crippen molar-refractivity contribution in [2.45, 2.75) is 18.9 Å². The molecule has 0 aliphatic carbocycles. The van der Waals surface area contributed by atoms with Crippen LogP contribution in [-0.4, -0.2) is 34.3 Å². The summed E-state index contributed by atoms with van der Waals surface area (Å²) < 4.78 is 0. The quantitative estimate of drug-likeness (QED) is 0.693. The lowest BCUT2D eigenvalue weighted by Gasteiger charge is -2.19. The summed E-state index contributed by atoms with van der Waals surface area (Å²) in [7, 11) is 0. The van der Waals surface area contributed by atoms with E-state index in [1.165, 1.54) is 0 Å². The first-order valence-corrected chi connectivity index (χ1v) is 5.34. The Morgan fingerprint density at radius 1 is 1.44 bits per heavy atom. The van der Waals surface area contributed by atoms with E-state index < -0.39 is 0 Å². The van der Waals surface area contributed by atoms with Gasteiger partial charge in [0.2, 0.25) is 5.91 Å². The van der Waals surface area contributed by atoms with Crippen molar-refractivity contribution in [3.05, 3.63) is 24.0 Å². The summed E-state index contributed by atoms with van der Waals surface area (Å²) in [6, 6.07) is 3.10. The second kappa shape index (κ2) is 3.30. The topological polar surface area (TPSA) is 62.3 Å². The molecule has 0 spiro atoms. The highest BCUT2D eigenvalue weighted by Crippen LogP contribution is 2.26. The van der Waals surface area contributed by atoms with Crippen molar-refractivity contribution in [1.82, 2.24) is 9.88 Å². The first-order valence-electron chi connectivity index (χ1n) is 5.34. The zero-order chi connectivity index (χ0) is 11.1. The summed E-state index contributed by atoms with van der Waals surface area (Å²) in [4.78, 5) is 29.7. The number of nitrogens with one attached hydrogen (secondary N) is 1. The Morgan fingerprint density at radius 2 is 2.31 bits per heavy atom. The maximum absolute atomic E-state index is 12.1. The molecule has 2 aliphatic heterocycles. The molecule has 2 aliphatic rings. The molecule has 1 N–H and O–H groups in total. The smallest absolute Gasteiger partial charge is 0.275 e. The van der Waals surface area contributed by atoms with Gasteiger partial charge < -0.3 is 10.2 Å². The monoisotopic (exact) mass is 217 g/mol. The molecule has 16 heavy (non-hydrogen) atoms. The molecule has 0 saturated carbocycles. The molecule has 1 unspecified atom stereocenters. The van der Waals surface area contributed by atoms with E-state index in [0.717, 1.165) is 12.8 Å². The fraction of sp³-hybridized carbons (Fsp3) is 0.364. The van der Waals surface area contributed by atoms with Crippen molar-refractivity contribution < 1.29 is 9.59 Å². The molecule has 1 atom stereocenters. The predicted molar refractivity (Wildman–Crippen MR) is 56.9 cm³/mol. The third-order valence-electron chi connectivity index (χ3n) is 3.08. The van der Waals surface area contributed by atoms with E-state index in [4.69, 9.17) is 0 Å². The molecule has 82 valence electrons. The van der Waals surface area contributed by atoms with Crippen molar-refractivity contribution >= 4 is 17.5 Å². The van der Waals surface area contributed by atoms with Gasteiger partial charge in [-0.05, 0) is 25.0 Å². The Hall–Kier alpha value is -1.91. The largest absolute Gasteiger partial charge is 0.325 e. The molecule has 0 bridgehead atoms. The number of fused-ring (bicyclic) bond motifs is 2. The van der Waals surface area contributed by atoms with Gasteiger partial charge in [0.1, 0.15) is 6.04 Å². The Balaban J connectivity index is 2.11. The van der Waals surface area contributed by atoms with Crippen LogP contribution in [0.5, 0.6) is 0 Å². The van der Waals surface area contributed by atoms with E-state index in [1.54, 1.807) is 23.2 Å². The minimum Gasteiger partial charge on any atom is -0.325 e. The zero-order valence-electron chi connectivity index (χ0n) is 8.64. The molecule has 1 saturated heterocycles. The number of anilines is 1.